The largest absolute Gasteiger partial charge is 0.478 e. The third-order valence-corrected chi connectivity index (χ3v) is 5.58. The van der Waals surface area contributed by atoms with Crippen LogP contribution in [-0.4, -0.2) is 40.9 Å². The molecule has 1 saturated carbocycles. The molecule has 1 heterocycles. The highest BCUT2D eigenvalue weighted by molar-refractivity contribution is 5.98. The number of carbonyl (C=O) groups is 3. The number of rotatable bonds is 4. The van der Waals surface area contributed by atoms with Gasteiger partial charge in [-0.25, -0.2) is 4.79 Å². The van der Waals surface area contributed by atoms with Gasteiger partial charge in [0.1, 0.15) is 0 Å². The monoisotopic (exact) mass is 358 g/mol. The number of hydrogen-bond acceptors (Lipinski definition) is 3. The van der Waals surface area contributed by atoms with Crippen LogP contribution in [0.2, 0.25) is 0 Å². The average Bonchev–Trinajstić information content (AvgIpc) is 3.17. The number of anilines is 1. The number of carboxylic acids is 1. The SMILES string of the molecule is Cc1ccc(C(=O)O)cc1NC(=O)C1CCCCC1C(=O)N1CCCC1. The lowest BCUT2D eigenvalue weighted by Crippen LogP contribution is -2.42. The van der Waals surface area contributed by atoms with E-state index in [1.165, 1.54) is 12.1 Å². The number of aryl methyl sites for hydroxylation is 1. The molecule has 0 aromatic heterocycles. The van der Waals surface area contributed by atoms with Crippen molar-refractivity contribution in [2.75, 3.05) is 18.4 Å². The van der Waals surface area contributed by atoms with Crippen LogP contribution in [-0.2, 0) is 9.59 Å². The highest BCUT2D eigenvalue weighted by Gasteiger charge is 2.38. The Kier molecular flexibility index (Phi) is 5.59. The maximum atomic E-state index is 12.9. The van der Waals surface area contributed by atoms with E-state index in [4.69, 9.17) is 5.11 Å². The maximum Gasteiger partial charge on any atom is 0.335 e. The van der Waals surface area contributed by atoms with Gasteiger partial charge in [0.05, 0.1) is 5.56 Å². The van der Waals surface area contributed by atoms with Crippen molar-refractivity contribution in [1.82, 2.24) is 4.90 Å². The molecule has 0 radical (unpaired) electrons. The molecule has 2 atom stereocenters. The molecule has 0 bridgehead atoms. The molecule has 3 rings (SSSR count). The molecule has 1 aliphatic carbocycles. The van der Waals surface area contributed by atoms with Crippen LogP contribution < -0.4 is 5.32 Å². The number of hydrogen-bond donors (Lipinski definition) is 2. The third-order valence-electron chi connectivity index (χ3n) is 5.58. The van der Waals surface area contributed by atoms with Gasteiger partial charge in [-0.05, 0) is 50.3 Å². The molecule has 2 unspecified atom stereocenters. The first-order chi connectivity index (χ1) is 12.5. The fourth-order valence-corrected chi connectivity index (χ4v) is 4.03. The molecule has 2 aliphatic rings. The Morgan fingerprint density at radius 1 is 1.04 bits per heavy atom. The molecule has 26 heavy (non-hydrogen) atoms. The molecule has 6 heteroatoms. The first kappa shape index (κ1) is 18.4. The summed E-state index contributed by atoms with van der Waals surface area (Å²) in [6.45, 7) is 3.42. The topological polar surface area (TPSA) is 86.7 Å². The smallest absolute Gasteiger partial charge is 0.335 e. The van der Waals surface area contributed by atoms with Gasteiger partial charge in [0.15, 0.2) is 0 Å². The number of carbonyl (C=O) groups excluding carboxylic acids is 2. The summed E-state index contributed by atoms with van der Waals surface area (Å²) in [4.78, 5) is 38.8. The second-order valence-corrected chi connectivity index (χ2v) is 7.35. The number of carboxylic acid groups (broad SMARTS) is 1. The minimum atomic E-state index is -1.03. The normalized spacial score (nSPS) is 22.9. The zero-order valence-electron chi connectivity index (χ0n) is 15.2. The van der Waals surface area contributed by atoms with Crippen LogP contribution in [0.3, 0.4) is 0 Å². The Morgan fingerprint density at radius 3 is 2.35 bits per heavy atom. The summed E-state index contributed by atoms with van der Waals surface area (Å²) in [7, 11) is 0. The average molecular weight is 358 g/mol. The van der Waals surface area contributed by atoms with Crippen molar-refractivity contribution in [3.8, 4) is 0 Å². The molecule has 1 saturated heterocycles. The minimum Gasteiger partial charge on any atom is -0.478 e. The van der Waals surface area contributed by atoms with E-state index in [9.17, 15) is 14.4 Å². The summed E-state index contributed by atoms with van der Waals surface area (Å²) in [6.07, 6.45) is 5.44. The number of amides is 2. The van der Waals surface area contributed by atoms with E-state index in [-0.39, 0.29) is 29.2 Å². The molecule has 2 amide bonds. The van der Waals surface area contributed by atoms with Gasteiger partial charge in [0.25, 0.3) is 0 Å². The van der Waals surface area contributed by atoms with Crippen LogP contribution in [0.4, 0.5) is 5.69 Å². The Balaban J connectivity index is 1.75. The predicted molar refractivity (Wildman–Crippen MR) is 98.0 cm³/mol. The van der Waals surface area contributed by atoms with Gasteiger partial charge in [0.2, 0.25) is 11.8 Å². The lowest BCUT2D eigenvalue weighted by molar-refractivity contribution is -0.141. The fourth-order valence-electron chi connectivity index (χ4n) is 4.03. The molecular formula is C20H26N2O4. The highest BCUT2D eigenvalue weighted by Crippen LogP contribution is 2.33. The number of nitrogens with one attached hydrogen (secondary N) is 1. The lowest BCUT2D eigenvalue weighted by atomic mass is 9.77. The number of likely N-dealkylation sites (tertiary alicyclic amines) is 1. The van der Waals surface area contributed by atoms with Crippen molar-refractivity contribution >= 4 is 23.5 Å². The zero-order chi connectivity index (χ0) is 18.7. The summed E-state index contributed by atoms with van der Waals surface area (Å²) >= 11 is 0. The summed E-state index contributed by atoms with van der Waals surface area (Å²) < 4.78 is 0. The van der Waals surface area contributed by atoms with Crippen molar-refractivity contribution in [2.24, 2.45) is 11.8 Å². The second-order valence-electron chi connectivity index (χ2n) is 7.35. The van der Waals surface area contributed by atoms with Crippen LogP contribution in [0, 0.1) is 18.8 Å². The minimum absolute atomic E-state index is 0.110. The molecule has 6 nitrogen and oxygen atoms in total. The molecule has 140 valence electrons. The Morgan fingerprint density at radius 2 is 1.69 bits per heavy atom. The Bertz CT molecular complexity index is 710. The molecule has 1 aromatic rings. The van der Waals surface area contributed by atoms with E-state index in [0.717, 1.165) is 50.8 Å². The molecule has 2 fully saturated rings. The number of nitrogens with zero attached hydrogens (tertiary/aromatic N) is 1. The van der Waals surface area contributed by atoms with Crippen molar-refractivity contribution in [3.63, 3.8) is 0 Å². The van der Waals surface area contributed by atoms with E-state index >= 15 is 0 Å². The van der Waals surface area contributed by atoms with Gasteiger partial charge in [-0.3, -0.25) is 9.59 Å². The molecule has 2 N–H and O–H groups in total. The summed E-state index contributed by atoms with van der Waals surface area (Å²) in [6, 6.07) is 4.69. The van der Waals surface area contributed by atoms with Crippen LogP contribution >= 0.6 is 0 Å². The van der Waals surface area contributed by atoms with Gasteiger partial charge in [-0.15, -0.1) is 0 Å². The summed E-state index contributed by atoms with van der Waals surface area (Å²) in [5.74, 6) is -1.69. The first-order valence-electron chi connectivity index (χ1n) is 9.41. The standard InChI is InChI=1S/C20H26N2O4/c1-13-8-9-14(20(25)26)12-17(13)21-18(23)15-6-2-3-7-16(15)19(24)22-10-4-5-11-22/h8-9,12,15-16H,2-7,10-11H2,1H3,(H,21,23)(H,25,26). The maximum absolute atomic E-state index is 12.9. The van der Waals surface area contributed by atoms with Gasteiger partial charge in [-0.2, -0.15) is 0 Å². The van der Waals surface area contributed by atoms with E-state index in [0.29, 0.717) is 12.1 Å². The Hall–Kier alpha value is -2.37. The molecule has 1 aliphatic heterocycles. The van der Waals surface area contributed by atoms with E-state index in [1.54, 1.807) is 6.07 Å². The first-order valence-corrected chi connectivity index (χ1v) is 9.41. The van der Waals surface area contributed by atoms with Gasteiger partial charge < -0.3 is 15.3 Å². The molecule has 0 spiro atoms. The van der Waals surface area contributed by atoms with Crippen molar-refractivity contribution in [3.05, 3.63) is 29.3 Å². The zero-order valence-corrected chi connectivity index (χ0v) is 15.2. The number of aromatic carboxylic acids is 1. The van der Waals surface area contributed by atoms with E-state index in [1.807, 2.05) is 11.8 Å². The summed E-state index contributed by atoms with van der Waals surface area (Å²) in [5.41, 5.74) is 1.45. The quantitative estimate of drug-likeness (QED) is 0.866. The van der Waals surface area contributed by atoms with E-state index in [2.05, 4.69) is 5.32 Å². The van der Waals surface area contributed by atoms with Crippen molar-refractivity contribution in [2.45, 2.75) is 45.4 Å². The lowest BCUT2D eigenvalue weighted by Gasteiger charge is -2.32. The number of benzene rings is 1. The fraction of sp³-hybridized carbons (Fsp3) is 0.550. The van der Waals surface area contributed by atoms with Crippen molar-refractivity contribution in [1.29, 1.82) is 0 Å². The van der Waals surface area contributed by atoms with Crippen LogP contribution in [0.25, 0.3) is 0 Å². The van der Waals surface area contributed by atoms with Gasteiger partial charge in [0, 0.05) is 30.6 Å². The van der Waals surface area contributed by atoms with Gasteiger partial charge in [-0.1, -0.05) is 18.9 Å². The summed E-state index contributed by atoms with van der Waals surface area (Å²) in [5, 5.41) is 12.0. The molecular weight excluding hydrogens is 332 g/mol. The van der Waals surface area contributed by atoms with Crippen molar-refractivity contribution < 1.29 is 19.5 Å². The van der Waals surface area contributed by atoms with Crippen LogP contribution in [0.1, 0.15) is 54.4 Å². The predicted octanol–water partition coefficient (Wildman–Crippen LogP) is 3.06. The Labute approximate surface area is 153 Å². The van der Waals surface area contributed by atoms with Crippen LogP contribution in [0.15, 0.2) is 18.2 Å². The highest BCUT2D eigenvalue weighted by atomic mass is 16.4. The van der Waals surface area contributed by atoms with E-state index < -0.39 is 5.97 Å². The van der Waals surface area contributed by atoms with Crippen LogP contribution in [0.5, 0.6) is 0 Å². The van der Waals surface area contributed by atoms with Gasteiger partial charge >= 0.3 is 5.97 Å². The third kappa shape index (κ3) is 3.89. The second kappa shape index (κ2) is 7.89. The molecule has 1 aromatic carbocycles.